The molecule has 128 valence electrons. The van der Waals surface area contributed by atoms with E-state index in [1.807, 2.05) is 0 Å². The molecular weight excluding hydrogens is 328 g/mol. The fraction of sp³-hybridized carbons (Fsp3) is 0.562. The SMILES string of the molecule is CC(C)(C)OC(=O)N1CCC(F)(C(O)c2ccc(F)c(Cl)c2)C1. The van der Waals surface area contributed by atoms with E-state index in [1.54, 1.807) is 20.8 Å². The van der Waals surface area contributed by atoms with Crippen molar-refractivity contribution in [3.05, 3.63) is 34.6 Å². The highest BCUT2D eigenvalue weighted by atomic mass is 35.5. The molecule has 23 heavy (non-hydrogen) atoms. The fourth-order valence-corrected chi connectivity index (χ4v) is 2.67. The summed E-state index contributed by atoms with van der Waals surface area (Å²) in [5, 5.41) is 10.1. The Morgan fingerprint density at radius 1 is 1.48 bits per heavy atom. The minimum Gasteiger partial charge on any atom is -0.444 e. The zero-order valence-corrected chi connectivity index (χ0v) is 14.0. The zero-order valence-electron chi connectivity index (χ0n) is 13.3. The molecule has 1 aliphatic heterocycles. The molecular formula is C16H20ClF2NO3. The number of hydrogen-bond donors (Lipinski definition) is 1. The van der Waals surface area contributed by atoms with Crippen LogP contribution in [0.5, 0.6) is 0 Å². The molecule has 1 aromatic carbocycles. The van der Waals surface area contributed by atoms with Gasteiger partial charge in [-0.1, -0.05) is 17.7 Å². The highest BCUT2D eigenvalue weighted by molar-refractivity contribution is 6.30. The summed E-state index contributed by atoms with van der Waals surface area (Å²) in [4.78, 5) is 13.2. The Kier molecular flexibility index (Phi) is 4.87. The van der Waals surface area contributed by atoms with Crippen molar-refractivity contribution in [1.29, 1.82) is 0 Å². The number of nitrogens with zero attached hydrogens (tertiary/aromatic N) is 1. The topological polar surface area (TPSA) is 49.8 Å². The normalized spacial score (nSPS) is 23.0. The van der Waals surface area contributed by atoms with Gasteiger partial charge in [-0.3, -0.25) is 0 Å². The second-order valence-corrected chi connectivity index (χ2v) is 7.17. The molecule has 2 unspecified atom stereocenters. The van der Waals surface area contributed by atoms with Crippen LogP contribution < -0.4 is 0 Å². The van der Waals surface area contributed by atoms with E-state index in [9.17, 15) is 14.3 Å². The van der Waals surface area contributed by atoms with Gasteiger partial charge >= 0.3 is 6.09 Å². The molecule has 1 fully saturated rings. The van der Waals surface area contributed by atoms with Crippen molar-refractivity contribution in [2.45, 2.75) is 44.6 Å². The largest absolute Gasteiger partial charge is 0.444 e. The Labute approximate surface area is 139 Å². The maximum atomic E-state index is 15.0. The van der Waals surface area contributed by atoms with Gasteiger partial charge in [0.1, 0.15) is 17.5 Å². The lowest BCUT2D eigenvalue weighted by atomic mass is 9.92. The molecule has 0 bridgehead atoms. The van der Waals surface area contributed by atoms with Crippen LogP contribution in [0.1, 0.15) is 38.9 Å². The number of halogens is 3. The van der Waals surface area contributed by atoms with Gasteiger partial charge in [0.05, 0.1) is 11.6 Å². The van der Waals surface area contributed by atoms with Crippen LogP contribution >= 0.6 is 11.6 Å². The first-order valence-corrected chi connectivity index (χ1v) is 7.69. The van der Waals surface area contributed by atoms with Crippen LogP contribution in [0.3, 0.4) is 0 Å². The van der Waals surface area contributed by atoms with Crippen LogP contribution in [0.15, 0.2) is 18.2 Å². The minimum atomic E-state index is -2.03. The van der Waals surface area contributed by atoms with Crippen LogP contribution in [0.25, 0.3) is 0 Å². The van der Waals surface area contributed by atoms with E-state index in [1.165, 1.54) is 17.0 Å². The maximum absolute atomic E-state index is 15.0. The summed E-state index contributed by atoms with van der Waals surface area (Å²) < 4.78 is 33.4. The summed E-state index contributed by atoms with van der Waals surface area (Å²) in [5.41, 5.74) is -2.54. The van der Waals surface area contributed by atoms with Gasteiger partial charge in [-0.2, -0.15) is 0 Å². The molecule has 1 aliphatic rings. The van der Waals surface area contributed by atoms with Crippen LogP contribution in [-0.4, -0.2) is 40.5 Å². The van der Waals surface area contributed by atoms with Crippen molar-refractivity contribution in [3.8, 4) is 0 Å². The molecule has 4 nitrogen and oxygen atoms in total. The highest BCUT2D eigenvalue weighted by Gasteiger charge is 2.47. The summed E-state index contributed by atoms with van der Waals surface area (Å²) in [5.74, 6) is -0.641. The number of benzene rings is 1. The molecule has 2 rings (SSSR count). The molecule has 1 aromatic rings. The maximum Gasteiger partial charge on any atom is 0.410 e. The first kappa shape index (κ1) is 17.9. The smallest absolute Gasteiger partial charge is 0.410 e. The summed E-state index contributed by atoms with van der Waals surface area (Å²) in [7, 11) is 0. The summed E-state index contributed by atoms with van der Waals surface area (Å²) in [6.07, 6.45) is -2.17. The lowest BCUT2D eigenvalue weighted by molar-refractivity contribution is -0.0101. The lowest BCUT2D eigenvalue weighted by Gasteiger charge is -2.28. The van der Waals surface area contributed by atoms with Crippen LogP contribution in [0.2, 0.25) is 5.02 Å². The predicted molar refractivity (Wildman–Crippen MR) is 82.6 cm³/mol. The van der Waals surface area contributed by atoms with Crippen molar-refractivity contribution >= 4 is 17.7 Å². The first-order chi connectivity index (χ1) is 10.5. The molecule has 1 saturated heterocycles. The molecule has 0 spiro atoms. The lowest BCUT2D eigenvalue weighted by Crippen LogP contribution is -2.40. The minimum absolute atomic E-state index is 0.0393. The second-order valence-electron chi connectivity index (χ2n) is 6.76. The Morgan fingerprint density at radius 3 is 2.70 bits per heavy atom. The van der Waals surface area contributed by atoms with Gasteiger partial charge in [0.2, 0.25) is 0 Å². The van der Waals surface area contributed by atoms with Crippen molar-refractivity contribution in [2.24, 2.45) is 0 Å². The van der Waals surface area contributed by atoms with Gasteiger partial charge in [0.15, 0.2) is 5.67 Å². The van der Waals surface area contributed by atoms with Gasteiger partial charge in [0.25, 0.3) is 0 Å². The zero-order chi connectivity index (χ0) is 17.4. The summed E-state index contributed by atoms with van der Waals surface area (Å²) in [6.45, 7) is 5.01. The monoisotopic (exact) mass is 347 g/mol. The molecule has 0 aliphatic carbocycles. The number of likely N-dealkylation sites (tertiary alicyclic amines) is 1. The van der Waals surface area contributed by atoms with E-state index < -0.39 is 29.3 Å². The van der Waals surface area contributed by atoms with Crippen molar-refractivity contribution in [2.75, 3.05) is 13.1 Å². The molecule has 0 radical (unpaired) electrons. The molecule has 2 atom stereocenters. The van der Waals surface area contributed by atoms with Gasteiger partial charge in [-0.05, 0) is 38.5 Å². The molecule has 0 saturated carbocycles. The quantitative estimate of drug-likeness (QED) is 0.883. The third-order valence-corrected chi connectivity index (χ3v) is 3.94. The number of amides is 1. The predicted octanol–water partition coefficient (Wildman–Crippen LogP) is 3.86. The number of carbonyl (C=O) groups excluding carboxylic acids is 1. The number of aliphatic hydroxyl groups excluding tert-OH is 1. The molecule has 0 aromatic heterocycles. The number of aliphatic hydroxyl groups is 1. The van der Waals surface area contributed by atoms with Crippen molar-refractivity contribution in [3.63, 3.8) is 0 Å². The standard InChI is InChI=1S/C16H20ClF2NO3/c1-15(2,3)23-14(22)20-7-6-16(19,9-20)13(21)10-4-5-12(18)11(17)8-10/h4-5,8,13,21H,6-7,9H2,1-3H3. The second kappa shape index (κ2) is 6.24. The van der Waals surface area contributed by atoms with E-state index in [0.29, 0.717) is 0 Å². The van der Waals surface area contributed by atoms with E-state index in [2.05, 4.69) is 0 Å². The Morgan fingerprint density at radius 2 is 2.13 bits per heavy atom. The van der Waals surface area contributed by atoms with Crippen molar-refractivity contribution in [1.82, 2.24) is 4.90 Å². The van der Waals surface area contributed by atoms with Gasteiger partial charge in [0, 0.05) is 13.0 Å². The summed E-state index contributed by atoms with van der Waals surface area (Å²) >= 11 is 5.67. The van der Waals surface area contributed by atoms with Gasteiger partial charge in [-0.15, -0.1) is 0 Å². The van der Waals surface area contributed by atoms with Crippen LogP contribution in [0, 0.1) is 5.82 Å². The van der Waals surface area contributed by atoms with E-state index >= 15 is 4.39 Å². The van der Waals surface area contributed by atoms with Crippen LogP contribution in [0.4, 0.5) is 13.6 Å². The Hall–Kier alpha value is -1.40. The molecule has 1 heterocycles. The van der Waals surface area contributed by atoms with E-state index in [-0.39, 0.29) is 30.1 Å². The van der Waals surface area contributed by atoms with Gasteiger partial charge < -0.3 is 14.7 Å². The molecule has 7 heteroatoms. The Balaban J connectivity index is 2.11. The molecule has 1 N–H and O–H groups in total. The number of alkyl halides is 1. The van der Waals surface area contributed by atoms with E-state index in [0.717, 1.165) is 6.07 Å². The van der Waals surface area contributed by atoms with Gasteiger partial charge in [-0.25, -0.2) is 13.6 Å². The number of ether oxygens (including phenoxy) is 1. The third-order valence-electron chi connectivity index (χ3n) is 3.65. The van der Waals surface area contributed by atoms with E-state index in [4.69, 9.17) is 16.3 Å². The van der Waals surface area contributed by atoms with Crippen molar-refractivity contribution < 1.29 is 23.4 Å². The fourth-order valence-electron chi connectivity index (χ4n) is 2.48. The number of carbonyl (C=O) groups is 1. The number of rotatable bonds is 2. The summed E-state index contributed by atoms with van der Waals surface area (Å²) in [6, 6.07) is 3.55. The number of hydrogen-bond acceptors (Lipinski definition) is 3. The third kappa shape index (κ3) is 4.12. The Bertz CT molecular complexity index is 605. The first-order valence-electron chi connectivity index (χ1n) is 7.32. The molecule has 1 amide bonds. The van der Waals surface area contributed by atoms with Crippen LogP contribution in [-0.2, 0) is 4.74 Å². The highest BCUT2D eigenvalue weighted by Crippen LogP contribution is 2.39. The average Bonchev–Trinajstić information content (AvgIpc) is 2.83. The average molecular weight is 348 g/mol.